The molecule has 0 saturated carbocycles. The van der Waals surface area contributed by atoms with E-state index >= 15 is 0 Å². The first-order chi connectivity index (χ1) is 6.74. The van der Waals surface area contributed by atoms with Crippen molar-refractivity contribution in [1.82, 2.24) is 4.90 Å². The first-order valence-corrected chi connectivity index (χ1v) is 5.76. The number of nitrogens with two attached hydrogens (primary N) is 1. The summed E-state index contributed by atoms with van der Waals surface area (Å²) in [4.78, 5) is 2.41. The number of likely N-dealkylation sites (tertiary alicyclic amines) is 1. The summed E-state index contributed by atoms with van der Waals surface area (Å²) in [5, 5.41) is 0. The van der Waals surface area contributed by atoms with Gasteiger partial charge in [-0.3, -0.25) is 4.90 Å². The highest BCUT2D eigenvalue weighted by atomic mass is 16.5. The summed E-state index contributed by atoms with van der Waals surface area (Å²) < 4.78 is 5.56. The van der Waals surface area contributed by atoms with Gasteiger partial charge in [0.1, 0.15) is 0 Å². The van der Waals surface area contributed by atoms with Gasteiger partial charge in [-0.15, -0.1) is 0 Å². The summed E-state index contributed by atoms with van der Waals surface area (Å²) >= 11 is 0. The van der Waals surface area contributed by atoms with E-state index in [4.69, 9.17) is 10.5 Å². The molecular weight excluding hydrogens is 176 g/mol. The third kappa shape index (κ3) is 3.95. The third-order valence-corrected chi connectivity index (χ3v) is 2.90. The molecule has 84 valence electrons. The van der Waals surface area contributed by atoms with Crippen molar-refractivity contribution in [3.8, 4) is 0 Å². The van der Waals surface area contributed by atoms with E-state index in [1.54, 1.807) is 0 Å². The van der Waals surface area contributed by atoms with Gasteiger partial charge in [-0.05, 0) is 18.8 Å². The monoisotopic (exact) mass is 200 g/mol. The van der Waals surface area contributed by atoms with Crippen LogP contribution in [0, 0.1) is 5.92 Å². The fourth-order valence-corrected chi connectivity index (χ4v) is 1.66. The topological polar surface area (TPSA) is 38.5 Å². The Labute approximate surface area is 87.6 Å². The number of ether oxygens (including phenoxy) is 1. The maximum atomic E-state index is 5.61. The Hall–Kier alpha value is -0.120. The van der Waals surface area contributed by atoms with Crippen LogP contribution in [-0.2, 0) is 4.74 Å². The predicted octanol–water partition coefficient (Wildman–Crippen LogP) is 1.08. The van der Waals surface area contributed by atoms with Crippen LogP contribution in [0.5, 0.6) is 0 Å². The zero-order valence-electron chi connectivity index (χ0n) is 9.54. The molecule has 0 radical (unpaired) electrons. The highest BCUT2D eigenvalue weighted by Gasteiger charge is 2.25. The first kappa shape index (κ1) is 12.0. The van der Waals surface area contributed by atoms with Crippen LogP contribution < -0.4 is 5.73 Å². The average Bonchev–Trinajstić information content (AvgIpc) is 2.09. The Bertz CT molecular complexity index is 148. The van der Waals surface area contributed by atoms with E-state index in [1.165, 1.54) is 19.4 Å². The van der Waals surface area contributed by atoms with Gasteiger partial charge in [0.15, 0.2) is 0 Å². The molecular formula is C11H24N2O. The Morgan fingerprint density at radius 2 is 2.21 bits per heavy atom. The Morgan fingerprint density at radius 1 is 1.43 bits per heavy atom. The molecule has 0 aromatic carbocycles. The maximum absolute atomic E-state index is 5.61. The molecule has 3 heteroatoms. The highest BCUT2D eigenvalue weighted by molar-refractivity contribution is 4.82. The second-order valence-electron chi connectivity index (χ2n) is 4.51. The molecule has 1 heterocycles. The molecule has 14 heavy (non-hydrogen) atoms. The summed E-state index contributed by atoms with van der Waals surface area (Å²) in [6.45, 7) is 9.27. The molecule has 0 spiro atoms. The van der Waals surface area contributed by atoms with E-state index < -0.39 is 0 Å². The lowest BCUT2D eigenvalue weighted by Crippen LogP contribution is -2.52. The van der Waals surface area contributed by atoms with Crippen molar-refractivity contribution in [2.75, 3.05) is 32.8 Å². The fraction of sp³-hybridized carbons (Fsp3) is 1.00. The molecule has 0 aromatic heterocycles. The predicted molar refractivity (Wildman–Crippen MR) is 59.3 cm³/mol. The van der Waals surface area contributed by atoms with Gasteiger partial charge in [-0.1, -0.05) is 13.8 Å². The smallest absolute Gasteiger partial charge is 0.0593 e. The van der Waals surface area contributed by atoms with Crippen LogP contribution in [0.4, 0.5) is 0 Å². The molecule has 1 aliphatic rings. The zero-order valence-corrected chi connectivity index (χ0v) is 9.54. The van der Waals surface area contributed by atoms with E-state index in [1.807, 2.05) is 0 Å². The SMILES string of the molecule is CC(C)CCOCCN1CCC1CN. The Morgan fingerprint density at radius 3 is 2.71 bits per heavy atom. The van der Waals surface area contributed by atoms with Crippen molar-refractivity contribution in [3.63, 3.8) is 0 Å². The summed E-state index contributed by atoms with van der Waals surface area (Å²) in [5.74, 6) is 0.746. The molecule has 2 N–H and O–H groups in total. The molecule has 3 nitrogen and oxygen atoms in total. The summed E-state index contributed by atoms with van der Waals surface area (Å²) in [7, 11) is 0. The summed E-state index contributed by atoms with van der Waals surface area (Å²) in [6.07, 6.45) is 2.43. The standard InChI is InChI=1S/C11H24N2O/c1-10(2)4-7-14-8-6-13-5-3-11(13)9-12/h10-11H,3-9,12H2,1-2H3. The van der Waals surface area contributed by atoms with Gasteiger partial charge >= 0.3 is 0 Å². The lowest BCUT2D eigenvalue weighted by atomic mass is 10.0. The Balaban J connectivity index is 1.89. The molecule has 0 aromatic rings. The molecule has 1 unspecified atom stereocenters. The average molecular weight is 200 g/mol. The van der Waals surface area contributed by atoms with E-state index in [0.29, 0.717) is 6.04 Å². The zero-order chi connectivity index (χ0) is 10.4. The van der Waals surface area contributed by atoms with E-state index in [0.717, 1.165) is 32.2 Å². The molecule has 1 saturated heterocycles. The van der Waals surface area contributed by atoms with Crippen LogP contribution in [0.2, 0.25) is 0 Å². The van der Waals surface area contributed by atoms with E-state index in [2.05, 4.69) is 18.7 Å². The maximum Gasteiger partial charge on any atom is 0.0593 e. The van der Waals surface area contributed by atoms with Gasteiger partial charge < -0.3 is 10.5 Å². The molecule has 1 atom stereocenters. The van der Waals surface area contributed by atoms with Crippen LogP contribution in [0.25, 0.3) is 0 Å². The van der Waals surface area contributed by atoms with Gasteiger partial charge in [0.25, 0.3) is 0 Å². The normalized spacial score (nSPS) is 22.7. The lowest BCUT2D eigenvalue weighted by molar-refractivity contribution is 0.0413. The molecule has 0 aliphatic carbocycles. The number of nitrogens with zero attached hydrogens (tertiary/aromatic N) is 1. The number of hydrogen-bond donors (Lipinski definition) is 1. The van der Waals surface area contributed by atoms with Crippen molar-refractivity contribution < 1.29 is 4.74 Å². The van der Waals surface area contributed by atoms with Crippen molar-refractivity contribution in [3.05, 3.63) is 0 Å². The molecule has 0 bridgehead atoms. The Kier molecular flexibility index (Phi) is 5.45. The minimum Gasteiger partial charge on any atom is -0.380 e. The van der Waals surface area contributed by atoms with Gasteiger partial charge in [0.2, 0.25) is 0 Å². The largest absolute Gasteiger partial charge is 0.380 e. The number of hydrogen-bond acceptors (Lipinski definition) is 3. The fourth-order valence-electron chi connectivity index (χ4n) is 1.66. The van der Waals surface area contributed by atoms with Crippen LogP contribution in [0.15, 0.2) is 0 Å². The quantitative estimate of drug-likeness (QED) is 0.625. The van der Waals surface area contributed by atoms with Gasteiger partial charge in [0.05, 0.1) is 6.61 Å². The summed E-state index contributed by atoms with van der Waals surface area (Å²) in [6, 6.07) is 0.628. The van der Waals surface area contributed by atoms with Crippen molar-refractivity contribution >= 4 is 0 Å². The first-order valence-electron chi connectivity index (χ1n) is 5.76. The van der Waals surface area contributed by atoms with E-state index in [9.17, 15) is 0 Å². The molecule has 0 amide bonds. The van der Waals surface area contributed by atoms with Crippen LogP contribution in [0.3, 0.4) is 0 Å². The third-order valence-electron chi connectivity index (χ3n) is 2.90. The van der Waals surface area contributed by atoms with Crippen LogP contribution in [-0.4, -0.2) is 43.8 Å². The second-order valence-corrected chi connectivity index (χ2v) is 4.51. The van der Waals surface area contributed by atoms with Crippen LogP contribution >= 0.6 is 0 Å². The van der Waals surface area contributed by atoms with Gasteiger partial charge in [-0.25, -0.2) is 0 Å². The highest BCUT2D eigenvalue weighted by Crippen LogP contribution is 2.14. The minimum atomic E-state index is 0.628. The molecule has 1 rings (SSSR count). The lowest BCUT2D eigenvalue weighted by Gasteiger charge is -2.40. The minimum absolute atomic E-state index is 0.628. The van der Waals surface area contributed by atoms with Crippen molar-refractivity contribution in [2.45, 2.75) is 32.7 Å². The molecule has 1 fully saturated rings. The number of rotatable bonds is 7. The van der Waals surface area contributed by atoms with Gasteiger partial charge in [-0.2, -0.15) is 0 Å². The second kappa shape index (κ2) is 6.38. The van der Waals surface area contributed by atoms with Crippen molar-refractivity contribution in [1.29, 1.82) is 0 Å². The van der Waals surface area contributed by atoms with E-state index in [-0.39, 0.29) is 0 Å². The van der Waals surface area contributed by atoms with Crippen molar-refractivity contribution in [2.24, 2.45) is 11.7 Å². The summed E-state index contributed by atoms with van der Waals surface area (Å²) in [5.41, 5.74) is 5.61. The van der Waals surface area contributed by atoms with Gasteiger partial charge in [0, 0.05) is 32.3 Å². The van der Waals surface area contributed by atoms with Crippen LogP contribution in [0.1, 0.15) is 26.7 Å². The molecule has 1 aliphatic heterocycles.